The van der Waals surface area contributed by atoms with Crippen LogP contribution in [0.2, 0.25) is 5.02 Å². The van der Waals surface area contributed by atoms with E-state index in [1.54, 1.807) is 0 Å². The third-order valence-electron chi connectivity index (χ3n) is 3.84. The number of nitrogens with one attached hydrogen (secondary N) is 1. The zero-order valence-electron chi connectivity index (χ0n) is 14.2. The van der Waals surface area contributed by atoms with Crippen LogP contribution < -0.4 is 5.32 Å². The summed E-state index contributed by atoms with van der Waals surface area (Å²) in [7, 11) is 0. The molecule has 0 fully saturated rings. The largest absolute Gasteiger partial charge is 0.451 e. The van der Waals surface area contributed by atoms with E-state index in [1.165, 1.54) is 18.2 Å². The van der Waals surface area contributed by atoms with Crippen LogP contribution in [0.5, 0.6) is 0 Å². The average Bonchev–Trinajstić information content (AvgIpc) is 3.10. The Morgan fingerprint density at radius 1 is 0.862 bits per heavy atom. The van der Waals surface area contributed by atoms with Crippen molar-refractivity contribution >= 4 is 23.2 Å². The molecule has 2 aromatic carbocycles. The van der Waals surface area contributed by atoms with E-state index in [0.717, 1.165) is 36.4 Å². The molecule has 0 bridgehead atoms. The Kier molecular flexibility index (Phi) is 5.36. The molecule has 0 radical (unpaired) electrons. The molecule has 0 saturated heterocycles. The van der Waals surface area contributed by atoms with Gasteiger partial charge in [0.15, 0.2) is 5.76 Å². The van der Waals surface area contributed by atoms with Gasteiger partial charge in [-0.2, -0.15) is 26.3 Å². The van der Waals surface area contributed by atoms with E-state index in [9.17, 15) is 31.1 Å². The Bertz CT molecular complexity index is 1060. The number of benzene rings is 2. The highest BCUT2D eigenvalue weighted by molar-refractivity contribution is 6.33. The van der Waals surface area contributed by atoms with Crippen LogP contribution in [0.15, 0.2) is 59.0 Å². The third kappa shape index (κ3) is 4.73. The number of anilines is 1. The van der Waals surface area contributed by atoms with Crippen molar-refractivity contribution in [2.24, 2.45) is 0 Å². The Balaban J connectivity index is 1.85. The van der Waals surface area contributed by atoms with Gasteiger partial charge in [-0.25, -0.2) is 0 Å². The molecule has 3 aromatic rings. The first-order chi connectivity index (χ1) is 13.4. The highest BCUT2D eigenvalue weighted by atomic mass is 35.5. The van der Waals surface area contributed by atoms with Crippen LogP contribution in [-0.4, -0.2) is 5.91 Å². The average molecular weight is 434 g/mol. The summed E-state index contributed by atoms with van der Waals surface area (Å²) in [4.78, 5) is 12.2. The summed E-state index contributed by atoms with van der Waals surface area (Å²) in [6, 6.07) is 8.99. The monoisotopic (exact) mass is 433 g/mol. The van der Waals surface area contributed by atoms with Gasteiger partial charge < -0.3 is 9.73 Å². The number of hydrogen-bond donors (Lipinski definition) is 1. The molecule has 10 heteroatoms. The minimum atomic E-state index is -4.60. The van der Waals surface area contributed by atoms with E-state index >= 15 is 0 Å². The highest BCUT2D eigenvalue weighted by Crippen LogP contribution is 2.36. The number of carbonyl (C=O) groups is 1. The summed E-state index contributed by atoms with van der Waals surface area (Å²) >= 11 is 5.93. The SMILES string of the molecule is O=C(Nc1cccc(C(F)(F)F)c1)c1ccc(-c2cc(C(F)(F)F)ccc2Cl)o1. The van der Waals surface area contributed by atoms with Gasteiger partial charge in [-0.3, -0.25) is 4.79 Å². The molecule has 1 heterocycles. The number of rotatable bonds is 3. The summed E-state index contributed by atoms with van der Waals surface area (Å²) in [5, 5.41) is 2.21. The Hall–Kier alpha value is -2.94. The van der Waals surface area contributed by atoms with Gasteiger partial charge in [0.25, 0.3) is 5.91 Å². The summed E-state index contributed by atoms with van der Waals surface area (Å²) in [6.45, 7) is 0. The molecule has 0 atom stereocenters. The molecule has 0 aliphatic carbocycles. The van der Waals surface area contributed by atoms with Crippen molar-refractivity contribution in [3.63, 3.8) is 0 Å². The molecule has 0 aliphatic heterocycles. The molecule has 1 N–H and O–H groups in total. The molecule has 29 heavy (non-hydrogen) atoms. The van der Waals surface area contributed by atoms with E-state index in [1.807, 2.05) is 0 Å². The molecule has 0 unspecified atom stereocenters. The third-order valence-corrected chi connectivity index (χ3v) is 4.17. The Morgan fingerprint density at radius 2 is 1.52 bits per heavy atom. The number of halogens is 7. The van der Waals surface area contributed by atoms with Crippen LogP contribution >= 0.6 is 11.6 Å². The van der Waals surface area contributed by atoms with Crippen molar-refractivity contribution in [2.75, 3.05) is 5.32 Å². The van der Waals surface area contributed by atoms with Crippen LogP contribution in [0.1, 0.15) is 21.7 Å². The zero-order valence-corrected chi connectivity index (χ0v) is 14.9. The minimum absolute atomic E-state index is 0.0304. The first kappa shape index (κ1) is 20.8. The fourth-order valence-electron chi connectivity index (χ4n) is 2.46. The Labute approximate surface area is 164 Å². The van der Waals surface area contributed by atoms with Crippen molar-refractivity contribution in [2.45, 2.75) is 12.4 Å². The normalized spacial score (nSPS) is 12.1. The standard InChI is InChI=1S/C19H10ClF6NO2/c20-14-5-4-11(19(24,25)26)9-13(14)15-6-7-16(29-15)17(28)27-12-3-1-2-10(8-12)18(21,22)23/h1-9H,(H,27,28). The first-order valence-electron chi connectivity index (χ1n) is 7.91. The number of carbonyl (C=O) groups excluding carboxylic acids is 1. The number of hydrogen-bond acceptors (Lipinski definition) is 2. The maximum atomic E-state index is 12.9. The van der Waals surface area contributed by atoms with Gasteiger partial charge in [0.2, 0.25) is 0 Å². The second kappa shape index (κ2) is 7.47. The minimum Gasteiger partial charge on any atom is -0.451 e. The van der Waals surface area contributed by atoms with Gasteiger partial charge >= 0.3 is 12.4 Å². The fraction of sp³-hybridized carbons (Fsp3) is 0.105. The van der Waals surface area contributed by atoms with Gasteiger partial charge in [-0.15, -0.1) is 0 Å². The summed E-state index contributed by atoms with van der Waals surface area (Å²) in [5.74, 6) is -1.29. The van der Waals surface area contributed by atoms with Crippen LogP contribution in [0.4, 0.5) is 32.0 Å². The van der Waals surface area contributed by atoms with E-state index in [0.29, 0.717) is 0 Å². The van der Waals surface area contributed by atoms with E-state index in [-0.39, 0.29) is 27.8 Å². The lowest BCUT2D eigenvalue weighted by atomic mass is 10.1. The van der Waals surface area contributed by atoms with Crippen molar-refractivity contribution in [1.29, 1.82) is 0 Å². The molecular weight excluding hydrogens is 424 g/mol. The predicted molar refractivity (Wildman–Crippen MR) is 93.6 cm³/mol. The lowest BCUT2D eigenvalue weighted by molar-refractivity contribution is -0.138. The molecule has 0 spiro atoms. The van der Waals surface area contributed by atoms with E-state index in [2.05, 4.69) is 5.32 Å². The predicted octanol–water partition coefficient (Wildman–Crippen LogP) is 6.89. The second-order valence-corrected chi connectivity index (χ2v) is 6.30. The maximum absolute atomic E-state index is 12.9. The quantitative estimate of drug-likeness (QED) is 0.457. The molecule has 0 aliphatic rings. The fourth-order valence-corrected chi connectivity index (χ4v) is 2.67. The van der Waals surface area contributed by atoms with Crippen LogP contribution in [-0.2, 0) is 12.4 Å². The Morgan fingerprint density at radius 3 is 2.17 bits per heavy atom. The molecular formula is C19H10ClF6NO2. The van der Waals surface area contributed by atoms with Crippen molar-refractivity contribution in [1.82, 2.24) is 0 Å². The van der Waals surface area contributed by atoms with Crippen molar-refractivity contribution < 1.29 is 35.6 Å². The second-order valence-electron chi connectivity index (χ2n) is 5.89. The van der Waals surface area contributed by atoms with Crippen LogP contribution in [0.3, 0.4) is 0 Å². The van der Waals surface area contributed by atoms with E-state index in [4.69, 9.17) is 16.0 Å². The van der Waals surface area contributed by atoms with Gasteiger partial charge in [-0.1, -0.05) is 17.7 Å². The molecule has 152 valence electrons. The topological polar surface area (TPSA) is 42.2 Å². The maximum Gasteiger partial charge on any atom is 0.416 e. The van der Waals surface area contributed by atoms with Gasteiger partial charge in [0.05, 0.1) is 16.1 Å². The number of amides is 1. The summed E-state index contributed by atoms with van der Waals surface area (Å²) in [6.07, 6.45) is -9.19. The van der Waals surface area contributed by atoms with Crippen molar-refractivity contribution in [3.05, 3.63) is 76.5 Å². The molecule has 3 nitrogen and oxygen atoms in total. The van der Waals surface area contributed by atoms with Gasteiger partial charge in [-0.05, 0) is 48.5 Å². The molecule has 0 saturated carbocycles. The van der Waals surface area contributed by atoms with Crippen molar-refractivity contribution in [3.8, 4) is 11.3 Å². The van der Waals surface area contributed by atoms with Gasteiger partial charge in [0, 0.05) is 11.3 Å². The molecule has 1 aromatic heterocycles. The van der Waals surface area contributed by atoms with Crippen LogP contribution in [0.25, 0.3) is 11.3 Å². The molecule has 1 amide bonds. The number of alkyl halides is 6. The smallest absolute Gasteiger partial charge is 0.416 e. The molecule has 3 rings (SSSR count). The first-order valence-corrected chi connectivity index (χ1v) is 8.28. The van der Waals surface area contributed by atoms with Crippen LogP contribution in [0, 0.1) is 0 Å². The lowest BCUT2D eigenvalue weighted by Gasteiger charge is -2.09. The van der Waals surface area contributed by atoms with Gasteiger partial charge in [0.1, 0.15) is 5.76 Å². The highest BCUT2D eigenvalue weighted by Gasteiger charge is 2.32. The van der Waals surface area contributed by atoms with E-state index < -0.39 is 29.4 Å². The summed E-state index contributed by atoms with van der Waals surface area (Å²) in [5.41, 5.74) is -2.12. The lowest BCUT2D eigenvalue weighted by Crippen LogP contribution is -2.12. The number of furan rings is 1. The summed E-state index contributed by atoms with van der Waals surface area (Å²) < 4.78 is 82.2. The zero-order chi connectivity index (χ0) is 21.4.